The van der Waals surface area contributed by atoms with E-state index >= 15 is 0 Å². The van der Waals surface area contributed by atoms with Crippen molar-refractivity contribution >= 4 is 17.1 Å². The molecular formula is C15H17NO2S. The van der Waals surface area contributed by atoms with Gasteiger partial charge < -0.3 is 4.74 Å². The van der Waals surface area contributed by atoms with E-state index in [1.54, 1.807) is 30.4 Å². The minimum atomic E-state index is 0.0651. The topological polar surface area (TPSA) is 39.2 Å². The second-order valence-corrected chi connectivity index (χ2v) is 5.29. The van der Waals surface area contributed by atoms with Gasteiger partial charge in [-0.3, -0.25) is 4.79 Å². The average molecular weight is 275 g/mol. The maximum atomic E-state index is 11.2. The number of aromatic nitrogens is 1. The van der Waals surface area contributed by atoms with E-state index in [9.17, 15) is 4.79 Å². The van der Waals surface area contributed by atoms with Crippen LogP contribution in [0.5, 0.6) is 5.75 Å². The second kappa shape index (κ2) is 6.48. The van der Waals surface area contributed by atoms with Crippen LogP contribution in [0.25, 0.3) is 0 Å². The van der Waals surface area contributed by atoms with Crippen LogP contribution >= 0.6 is 11.3 Å². The molecule has 0 radical (unpaired) electrons. The number of Topliss-reactive ketones (excluding diaryl/α,β-unsaturated/α-hetero) is 1. The summed E-state index contributed by atoms with van der Waals surface area (Å²) in [5, 5.41) is 3.20. The second-order valence-electron chi connectivity index (χ2n) is 4.35. The lowest BCUT2D eigenvalue weighted by Gasteiger charge is -2.04. The molecule has 0 amide bonds. The summed E-state index contributed by atoms with van der Waals surface area (Å²) in [6, 6.07) is 7.19. The highest BCUT2D eigenvalue weighted by Gasteiger charge is 2.03. The van der Waals surface area contributed by atoms with Gasteiger partial charge in [0.25, 0.3) is 0 Å². The van der Waals surface area contributed by atoms with Gasteiger partial charge in [-0.2, -0.15) is 0 Å². The highest BCUT2D eigenvalue weighted by molar-refractivity contribution is 7.09. The van der Waals surface area contributed by atoms with Gasteiger partial charge in [0.1, 0.15) is 12.4 Å². The summed E-state index contributed by atoms with van der Waals surface area (Å²) in [5.74, 6) is 0.824. The predicted molar refractivity (Wildman–Crippen MR) is 76.9 cm³/mol. The van der Waals surface area contributed by atoms with Gasteiger partial charge in [-0.15, -0.1) is 11.3 Å². The number of benzene rings is 1. The molecule has 1 aromatic carbocycles. The Kier molecular flexibility index (Phi) is 4.68. The Hall–Kier alpha value is -1.68. The van der Waals surface area contributed by atoms with Crippen LogP contribution in [0.4, 0.5) is 0 Å². The molecule has 0 atom stereocenters. The summed E-state index contributed by atoms with van der Waals surface area (Å²) >= 11 is 1.68. The Labute approximate surface area is 117 Å². The van der Waals surface area contributed by atoms with Crippen LogP contribution in [-0.4, -0.2) is 10.8 Å². The normalized spacial score (nSPS) is 10.4. The van der Waals surface area contributed by atoms with Gasteiger partial charge >= 0.3 is 0 Å². The van der Waals surface area contributed by atoms with Crippen molar-refractivity contribution < 1.29 is 9.53 Å². The Bertz CT molecular complexity index is 546. The average Bonchev–Trinajstić information content (AvgIpc) is 2.85. The number of carbonyl (C=O) groups is 1. The molecule has 0 aliphatic heterocycles. The monoisotopic (exact) mass is 275 g/mol. The SMILES string of the molecule is CCCc1nc(COc2ccc(C(C)=O)cc2)cs1. The Morgan fingerprint density at radius 2 is 2.05 bits per heavy atom. The Morgan fingerprint density at radius 1 is 1.32 bits per heavy atom. The minimum Gasteiger partial charge on any atom is -0.487 e. The Balaban J connectivity index is 1.92. The highest BCUT2D eigenvalue weighted by atomic mass is 32.1. The Morgan fingerprint density at radius 3 is 2.68 bits per heavy atom. The fraction of sp³-hybridized carbons (Fsp3) is 0.333. The summed E-state index contributed by atoms with van der Waals surface area (Å²) < 4.78 is 5.65. The van der Waals surface area contributed by atoms with Crippen molar-refractivity contribution in [1.29, 1.82) is 0 Å². The number of thiazole rings is 1. The zero-order valence-electron chi connectivity index (χ0n) is 11.2. The van der Waals surface area contributed by atoms with Crippen LogP contribution in [0.3, 0.4) is 0 Å². The smallest absolute Gasteiger partial charge is 0.159 e. The first kappa shape index (κ1) is 13.7. The number of rotatable bonds is 6. The first-order chi connectivity index (χ1) is 9.19. The summed E-state index contributed by atoms with van der Waals surface area (Å²) in [6.07, 6.45) is 2.14. The largest absolute Gasteiger partial charge is 0.487 e. The van der Waals surface area contributed by atoms with Crippen LogP contribution in [-0.2, 0) is 13.0 Å². The van der Waals surface area contributed by atoms with Crippen molar-refractivity contribution in [2.45, 2.75) is 33.3 Å². The first-order valence-corrected chi connectivity index (χ1v) is 7.24. The van der Waals surface area contributed by atoms with Crippen molar-refractivity contribution in [3.8, 4) is 5.75 Å². The molecule has 0 fully saturated rings. The summed E-state index contributed by atoms with van der Waals surface area (Å²) in [7, 11) is 0. The number of ketones is 1. The van der Waals surface area contributed by atoms with Crippen molar-refractivity contribution in [2.24, 2.45) is 0 Å². The van der Waals surface area contributed by atoms with Crippen molar-refractivity contribution in [3.63, 3.8) is 0 Å². The maximum absolute atomic E-state index is 11.2. The third kappa shape index (κ3) is 3.89. The van der Waals surface area contributed by atoms with Crippen molar-refractivity contribution in [2.75, 3.05) is 0 Å². The molecule has 1 heterocycles. The summed E-state index contributed by atoms with van der Waals surface area (Å²) in [6.45, 7) is 4.17. The van der Waals surface area contributed by atoms with E-state index in [0.717, 1.165) is 29.3 Å². The van der Waals surface area contributed by atoms with Gasteiger partial charge in [0, 0.05) is 10.9 Å². The van der Waals surface area contributed by atoms with Crippen molar-refractivity contribution in [1.82, 2.24) is 4.98 Å². The van der Waals surface area contributed by atoms with Gasteiger partial charge in [-0.25, -0.2) is 4.98 Å². The number of hydrogen-bond donors (Lipinski definition) is 0. The van der Waals surface area contributed by atoms with E-state index in [2.05, 4.69) is 11.9 Å². The van der Waals surface area contributed by atoms with E-state index in [4.69, 9.17) is 4.74 Å². The van der Waals surface area contributed by atoms with Gasteiger partial charge in [0.2, 0.25) is 0 Å². The fourth-order valence-electron chi connectivity index (χ4n) is 1.69. The lowest BCUT2D eigenvalue weighted by molar-refractivity contribution is 0.101. The molecule has 0 bridgehead atoms. The van der Waals surface area contributed by atoms with E-state index in [1.165, 1.54) is 0 Å². The third-order valence-corrected chi connectivity index (χ3v) is 3.67. The minimum absolute atomic E-state index is 0.0651. The zero-order chi connectivity index (χ0) is 13.7. The number of ether oxygens (including phenoxy) is 1. The van der Waals surface area contributed by atoms with Crippen molar-refractivity contribution in [3.05, 3.63) is 45.9 Å². The van der Waals surface area contributed by atoms with Gasteiger partial charge in [0.15, 0.2) is 5.78 Å². The molecule has 19 heavy (non-hydrogen) atoms. The molecule has 100 valence electrons. The molecule has 0 saturated heterocycles. The van der Waals surface area contributed by atoms with Gasteiger partial charge in [-0.1, -0.05) is 6.92 Å². The van der Waals surface area contributed by atoms with E-state index in [-0.39, 0.29) is 5.78 Å². The number of hydrogen-bond acceptors (Lipinski definition) is 4. The van der Waals surface area contributed by atoms with Gasteiger partial charge in [0.05, 0.1) is 10.7 Å². The molecule has 2 aromatic rings. The molecule has 0 aliphatic carbocycles. The van der Waals surface area contributed by atoms with Crippen LogP contribution in [0.2, 0.25) is 0 Å². The number of nitrogens with zero attached hydrogens (tertiary/aromatic N) is 1. The van der Waals surface area contributed by atoms with Crippen LogP contribution in [0, 0.1) is 0 Å². The van der Waals surface area contributed by atoms with E-state index in [1.807, 2.05) is 17.5 Å². The molecule has 1 aromatic heterocycles. The molecule has 0 spiro atoms. The van der Waals surface area contributed by atoms with Crippen LogP contribution < -0.4 is 4.74 Å². The molecule has 2 rings (SSSR count). The standard InChI is InChI=1S/C15H17NO2S/c1-3-4-15-16-13(10-19-15)9-18-14-7-5-12(6-8-14)11(2)17/h5-8,10H,3-4,9H2,1-2H3. The maximum Gasteiger partial charge on any atom is 0.159 e. The molecular weight excluding hydrogens is 258 g/mol. The third-order valence-electron chi connectivity index (χ3n) is 2.71. The highest BCUT2D eigenvalue weighted by Crippen LogP contribution is 2.16. The van der Waals surface area contributed by atoms with E-state index in [0.29, 0.717) is 12.2 Å². The number of aryl methyl sites for hydroxylation is 1. The molecule has 0 saturated carbocycles. The molecule has 0 unspecified atom stereocenters. The lowest BCUT2D eigenvalue weighted by atomic mass is 10.1. The van der Waals surface area contributed by atoms with E-state index < -0.39 is 0 Å². The van der Waals surface area contributed by atoms with Gasteiger partial charge in [-0.05, 0) is 44.0 Å². The van der Waals surface area contributed by atoms with Crippen LogP contribution in [0.15, 0.2) is 29.6 Å². The first-order valence-electron chi connectivity index (χ1n) is 6.36. The summed E-state index contributed by atoms with van der Waals surface area (Å²) in [4.78, 5) is 15.7. The fourth-order valence-corrected chi connectivity index (χ4v) is 2.57. The molecule has 0 N–H and O–H groups in total. The quantitative estimate of drug-likeness (QED) is 0.751. The molecule has 0 aliphatic rings. The predicted octanol–water partition coefficient (Wildman–Crippen LogP) is 3.88. The number of carbonyl (C=O) groups excluding carboxylic acids is 1. The molecule has 3 nitrogen and oxygen atoms in total. The van der Waals surface area contributed by atoms with Crippen LogP contribution in [0.1, 0.15) is 41.3 Å². The lowest BCUT2D eigenvalue weighted by Crippen LogP contribution is -1.97. The zero-order valence-corrected chi connectivity index (χ0v) is 12.0. The molecule has 4 heteroatoms. The summed E-state index contributed by atoms with van der Waals surface area (Å²) in [5.41, 5.74) is 1.66.